The fourth-order valence-electron chi connectivity index (χ4n) is 5.85. The van der Waals surface area contributed by atoms with Gasteiger partial charge >= 0.3 is 17.8 Å². The number of carbonyl (C=O) groups excluding carboxylic acids is 2. The number of nitro groups is 1. The molecular weight excluding hydrogens is 625 g/mol. The van der Waals surface area contributed by atoms with E-state index in [-0.39, 0.29) is 30.3 Å². The number of carbonyl (C=O) groups is 3. The zero-order valence-electron chi connectivity index (χ0n) is 22.0. The number of Topliss-reactive ketones (excluding diaryl/α,β-unsaturated/α-hetero) is 2. The summed E-state index contributed by atoms with van der Waals surface area (Å²) in [6, 6.07) is 6.69. The molecule has 2 aromatic carbocycles. The standard InChI is InChI=1S/C29H24BrF3N2O7/c30-17-13-15(7-9-23(17)42-24-10-8-16(29(31,32)33)14-20(24)35(40)41)26-27-18(3-1-5-21(27)36)34(12-11-25(38)39)19-4-2-6-22(37)28(19)26/h7-10,13-14,26H,1-6,11-12H2,(H,38,39). The SMILES string of the molecule is O=C(O)CCN1C2=C(C(=O)CCC2)C(c2ccc(Oc3ccc(C(F)(F)F)cc3[N+](=O)[O-])c(Br)c2)C2=C1CCCC2=O. The molecule has 1 aliphatic heterocycles. The van der Waals surface area contributed by atoms with Crippen molar-refractivity contribution in [1.82, 2.24) is 4.90 Å². The number of benzene rings is 2. The lowest BCUT2D eigenvalue weighted by Gasteiger charge is -2.44. The number of carboxylic acids is 1. The second kappa shape index (κ2) is 11.3. The van der Waals surface area contributed by atoms with E-state index < -0.39 is 40.0 Å². The van der Waals surface area contributed by atoms with Crippen molar-refractivity contribution in [3.63, 3.8) is 0 Å². The molecule has 0 spiro atoms. The van der Waals surface area contributed by atoms with Gasteiger partial charge < -0.3 is 14.7 Å². The van der Waals surface area contributed by atoms with Crippen molar-refractivity contribution < 1.29 is 42.3 Å². The molecule has 0 bridgehead atoms. The minimum atomic E-state index is -4.77. The Morgan fingerprint density at radius 1 is 1.00 bits per heavy atom. The predicted molar refractivity (Wildman–Crippen MR) is 146 cm³/mol. The maximum absolute atomic E-state index is 13.4. The largest absolute Gasteiger partial charge is 0.481 e. The molecule has 0 amide bonds. The quantitative estimate of drug-likeness (QED) is 0.250. The molecule has 0 atom stereocenters. The van der Waals surface area contributed by atoms with Crippen LogP contribution < -0.4 is 4.74 Å². The summed E-state index contributed by atoms with van der Waals surface area (Å²) in [6.07, 6.45) is -2.03. The maximum atomic E-state index is 13.4. The molecule has 0 saturated carbocycles. The molecule has 0 aromatic heterocycles. The van der Waals surface area contributed by atoms with Crippen LogP contribution in [-0.4, -0.2) is 39.0 Å². The summed E-state index contributed by atoms with van der Waals surface area (Å²) in [5, 5.41) is 20.8. The predicted octanol–water partition coefficient (Wildman–Crippen LogP) is 7.06. The van der Waals surface area contributed by atoms with Gasteiger partial charge in [-0.2, -0.15) is 13.2 Å². The van der Waals surface area contributed by atoms with Crippen molar-refractivity contribution in [2.45, 2.75) is 57.0 Å². The molecule has 0 radical (unpaired) electrons. The highest BCUT2D eigenvalue weighted by Gasteiger charge is 2.43. The Bertz CT molecular complexity index is 1540. The van der Waals surface area contributed by atoms with E-state index in [4.69, 9.17) is 4.74 Å². The molecular formula is C29H24BrF3N2O7. The first-order valence-electron chi connectivity index (χ1n) is 13.2. The number of ketones is 2. The van der Waals surface area contributed by atoms with Gasteiger partial charge in [0.25, 0.3) is 0 Å². The van der Waals surface area contributed by atoms with Crippen molar-refractivity contribution in [3.05, 3.63) is 84.7 Å². The first kappa shape index (κ1) is 29.5. The number of allylic oxidation sites excluding steroid dienone is 4. The van der Waals surface area contributed by atoms with Crippen LogP contribution in [0.25, 0.3) is 0 Å². The van der Waals surface area contributed by atoms with E-state index in [1.54, 1.807) is 12.1 Å². The molecule has 0 fully saturated rings. The van der Waals surface area contributed by atoms with Crippen LogP contribution in [0, 0.1) is 10.1 Å². The maximum Gasteiger partial charge on any atom is 0.416 e. The highest BCUT2D eigenvalue weighted by atomic mass is 79.9. The van der Waals surface area contributed by atoms with Gasteiger partial charge in [0.15, 0.2) is 11.6 Å². The lowest BCUT2D eigenvalue weighted by Crippen LogP contribution is -2.39. The Labute approximate surface area is 245 Å². The number of alkyl halides is 3. The number of nitrogens with zero attached hydrogens (tertiary/aromatic N) is 2. The number of ether oxygens (including phenoxy) is 1. The molecule has 1 N–H and O–H groups in total. The summed E-state index contributed by atoms with van der Waals surface area (Å²) >= 11 is 3.39. The molecule has 13 heteroatoms. The number of aliphatic carboxylic acids is 1. The van der Waals surface area contributed by atoms with Crippen LogP contribution in [0.3, 0.4) is 0 Å². The molecule has 2 aromatic rings. The number of rotatable bonds is 7. The second-order valence-electron chi connectivity index (χ2n) is 10.2. The minimum Gasteiger partial charge on any atom is -0.481 e. The van der Waals surface area contributed by atoms with E-state index in [1.807, 2.05) is 4.90 Å². The summed E-state index contributed by atoms with van der Waals surface area (Å²) in [5.74, 6) is -2.24. The summed E-state index contributed by atoms with van der Waals surface area (Å²) in [5.41, 5.74) is 0.900. The second-order valence-corrected chi connectivity index (χ2v) is 11.1. The van der Waals surface area contributed by atoms with Crippen molar-refractivity contribution in [2.24, 2.45) is 0 Å². The van der Waals surface area contributed by atoms with Crippen molar-refractivity contribution >= 4 is 39.2 Å². The fourth-order valence-corrected chi connectivity index (χ4v) is 6.33. The minimum absolute atomic E-state index is 0.0776. The molecule has 42 heavy (non-hydrogen) atoms. The molecule has 2 aliphatic carbocycles. The normalized spacial score (nSPS) is 17.8. The van der Waals surface area contributed by atoms with E-state index in [0.717, 1.165) is 17.5 Å². The number of nitro benzene ring substituents is 1. The monoisotopic (exact) mass is 648 g/mol. The van der Waals surface area contributed by atoms with Crippen LogP contribution in [0.15, 0.2) is 63.4 Å². The van der Waals surface area contributed by atoms with E-state index in [0.29, 0.717) is 71.8 Å². The van der Waals surface area contributed by atoms with Crippen LogP contribution in [0.5, 0.6) is 11.5 Å². The third kappa shape index (κ3) is 5.57. The van der Waals surface area contributed by atoms with Gasteiger partial charge in [-0.25, -0.2) is 0 Å². The zero-order valence-corrected chi connectivity index (χ0v) is 23.6. The molecule has 9 nitrogen and oxygen atoms in total. The van der Waals surface area contributed by atoms with Gasteiger partial charge in [-0.15, -0.1) is 0 Å². The van der Waals surface area contributed by atoms with E-state index in [1.165, 1.54) is 6.07 Å². The molecule has 0 unspecified atom stereocenters. The van der Waals surface area contributed by atoms with Crippen molar-refractivity contribution in [1.29, 1.82) is 0 Å². The average Bonchev–Trinajstić information content (AvgIpc) is 2.92. The van der Waals surface area contributed by atoms with Crippen LogP contribution in [-0.2, 0) is 20.6 Å². The van der Waals surface area contributed by atoms with Gasteiger partial charge in [0, 0.05) is 53.9 Å². The van der Waals surface area contributed by atoms with Gasteiger partial charge in [0.1, 0.15) is 5.75 Å². The van der Waals surface area contributed by atoms with Gasteiger partial charge in [0.05, 0.1) is 21.4 Å². The summed E-state index contributed by atoms with van der Waals surface area (Å²) in [4.78, 5) is 50.5. The lowest BCUT2D eigenvalue weighted by molar-refractivity contribution is -0.385. The first-order valence-corrected chi connectivity index (χ1v) is 14.0. The number of carboxylic acid groups (broad SMARTS) is 1. The van der Waals surface area contributed by atoms with Crippen LogP contribution in [0.2, 0.25) is 0 Å². The number of hydrogen-bond donors (Lipinski definition) is 1. The summed E-state index contributed by atoms with van der Waals surface area (Å²) in [6.45, 7) is 0.142. The van der Waals surface area contributed by atoms with Gasteiger partial charge in [-0.05, 0) is 71.4 Å². The van der Waals surface area contributed by atoms with Crippen molar-refractivity contribution in [2.75, 3.05) is 6.54 Å². The average molecular weight is 649 g/mol. The third-order valence-corrected chi connectivity index (χ3v) is 8.25. The van der Waals surface area contributed by atoms with Crippen molar-refractivity contribution in [3.8, 4) is 11.5 Å². The molecule has 3 aliphatic rings. The Hall–Kier alpha value is -4.00. The zero-order chi connectivity index (χ0) is 30.3. The number of halogens is 4. The van der Waals surface area contributed by atoms with Crippen LogP contribution >= 0.6 is 15.9 Å². The Balaban J connectivity index is 1.56. The Kier molecular flexibility index (Phi) is 7.97. The smallest absolute Gasteiger partial charge is 0.416 e. The van der Waals surface area contributed by atoms with E-state index in [9.17, 15) is 42.8 Å². The van der Waals surface area contributed by atoms with E-state index >= 15 is 0 Å². The molecule has 1 heterocycles. The fraction of sp³-hybridized carbons (Fsp3) is 0.345. The highest BCUT2D eigenvalue weighted by molar-refractivity contribution is 9.10. The molecule has 0 saturated heterocycles. The molecule has 220 valence electrons. The summed E-state index contributed by atoms with van der Waals surface area (Å²) < 4.78 is 45.3. The third-order valence-electron chi connectivity index (χ3n) is 7.63. The first-order chi connectivity index (χ1) is 19.9. The number of hydrogen-bond acceptors (Lipinski definition) is 7. The Morgan fingerprint density at radius 3 is 2.12 bits per heavy atom. The van der Waals surface area contributed by atoms with Crippen LogP contribution in [0.4, 0.5) is 18.9 Å². The summed E-state index contributed by atoms with van der Waals surface area (Å²) in [7, 11) is 0. The molecule has 5 rings (SSSR count). The van der Waals surface area contributed by atoms with Gasteiger partial charge in [-0.1, -0.05) is 6.07 Å². The Morgan fingerprint density at radius 2 is 1.60 bits per heavy atom. The topological polar surface area (TPSA) is 127 Å². The van der Waals surface area contributed by atoms with E-state index in [2.05, 4.69) is 15.9 Å². The van der Waals surface area contributed by atoms with Crippen LogP contribution in [0.1, 0.15) is 62.0 Å². The van der Waals surface area contributed by atoms with Gasteiger partial charge in [0.2, 0.25) is 5.75 Å². The highest BCUT2D eigenvalue weighted by Crippen LogP contribution is 2.50. The lowest BCUT2D eigenvalue weighted by atomic mass is 9.71. The van der Waals surface area contributed by atoms with Gasteiger partial charge in [-0.3, -0.25) is 24.5 Å².